The molecule has 3 bridgehead atoms. The molecule has 4 aliphatic heterocycles. The lowest BCUT2D eigenvalue weighted by Gasteiger charge is -2.40. The van der Waals surface area contributed by atoms with Crippen molar-refractivity contribution in [1.29, 1.82) is 0 Å². The Morgan fingerprint density at radius 2 is 1.77 bits per heavy atom. The van der Waals surface area contributed by atoms with Gasteiger partial charge in [0.05, 0.1) is 6.42 Å². The summed E-state index contributed by atoms with van der Waals surface area (Å²) in [5.74, 6) is -2.92. The summed E-state index contributed by atoms with van der Waals surface area (Å²) in [5, 5.41) is 8.13. The first kappa shape index (κ1) is 27.3. The first-order chi connectivity index (χ1) is 16.5. The van der Waals surface area contributed by atoms with Crippen molar-refractivity contribution in [2.75, 3.05) is 12.3 Å². The predicted octanol–water partition coefficient (Wildman–Crippen LogP) is 1.20. The second-order valence-corrected chi connectivity index (χ2v) is 12.0. The smallest absolute Gasteiger partial charge is 0.375 e. The number of hydrogen-bond donors (Lipinski definition) is 3. The van der Waals surface area contributed by atoms with Crippen LogP contribution in [-0.4, -0.2) is 70.0 Å². The van der Waals surface area contributed by atoms with Gasteiger partial charge in [-0.05, 0) is 35.8 Å². The van der Waals surface area contributed by atoms with E-state index >= 15 is 0 Å². The molecule has 0 aromatic carbocycles. The average Bonchev–Trinajstić information content (AvgIpc) is 2.80. The maximum atomic E-state index is 13.9. The Morgan fingerprint density at radius 3 is 2.40 bits per heavy atom. The molecule has 35 heavy (non-hydrogen) atoms. The lowest BCUT2D eigenvalue weighted by atomic mass is 10.00. The Balaban J connectivity index is 2.19. The molecule has 0 radical (unpaired) electrons. The number of carbonyl (C=O) groups is 5. The molecule has 10 nitrogen and oxygen atoms in total. The fourth-order valence-corrected chi connectivity index (χ4v) is 7.53. The van der Waals surface area contributed by atoms with Gasteiger partial charge in [-0.1, -0.05) is 33.8 Å². The van der Waals surface area contributed by atoms with E-state index in [1.54, 1.807) is 32.9 Å². The monoisotopic (exact) mass is 525 g/mol. The number of amides is 4. The first-order valence-electron chi connectivity index (χ1n) is 11.7. The van der Waals surface area contributed by atoms with E-state index in [2.05, 4.69) is 16.0 Å². The number of ether oxygens (including phenoxy) is 1. The quantitative estimate of drug-likeness (QED) is 0.122. The van der Waals surface area contributed by atoms with Crippen LogP contribution in [0.4, 0.5) is 0 Å². The zero-order valence-corrected chi connectivity index (χ0v) is 22.2. The van der Waals surface area contributed by atoms with Gasteiger partial charge < -0.3 is 20.7 Å². The second-order valence-electron chi connectivity index (χ2n) is 9.48. The Labute approximate surface area is 213 Å². The zero-order chi connectivity index (χ0) is 25.9. The van der Waals surface area contributed by atoms with E-state index in [-0.39, 0.29) is 40.1 Å². The SMILES string of the molecule is C/C=C1\NC(=O)[C@H]2CSS[N+]3(C/C=C/[C@H](CC(=O)N[C@H](C(C)C)C(=O)N2)OC(=O)[C@@H]3C(C)C)C1=O. The van der Waals surface area contributed by atoms with Crippen LogP contribution in [0.3, 0.4) is 0 Å². The highest BCUT2D eigenvalue weighted by Crippen LogP contribution is 2.43. The Bertz CT molecular complexity index is 966. The lowest BCUT2D eigenvalue weighted by Crippen LogP contribution is -2.62. The van der Waals surface area contributed by atoms with Crippen molar-refractivity contribution < 1.29 is 32.6 Å². The first-order valence-corrected chi connectivity index (χ1v) is 14.0. The summed E-state index contributed by atoms with van der Waals surface area (Å²) in [6.45, 7) is 9.03. The summed E-state index contributed by atoms with van der Waals surface area (Å²) >= 11 is 0. The lowest BCUT2D eigenvalue weighted by molar-refractivity contribution is -0.731. The molecule has 1 unspecified atom stereocenters. The maximum Gasteiger partial charge on any atom is 0.375 e. The van der Waals surface area contributed by atoms with Crippen LogP contribution in [0.25, 0.3) is 0 Å². The van der Waals surface area contributed by atoms with Crippen molar-refractivity contribution in [3.05, 3.63) is 23.9 Å². The molecule has 5 atom stereocenters. The molecule has 2 fully saturated rings. The molecule has 4 amide bonds. The molecule has 2 saturated heterocycles. The van der Waals surface area contributed by atoms with Crippen molar-refractivity contribution in [1.82, 2.24) is 16.0 Å². The standard InChI is InChI=1S/C23H32N4O6S2/c1-6-15-22(31)27-9-7-8-14(33-23(32)19(27)13(4)5)10-17(28)26-18(12(2)3)21(30)25-16(11-34-35-27)20(29)24-15/h6-8,12-14,16,18-19H,9-11H2,1-5H3,(H2-,24,25,26,28,29,30)/p+1/b8-7+,15-6-/t14-,16-,18-,19+,27?/m1/s1. The van der Waals surface area contributed by atoms with Crippen LogP contribution in [-0.2, 0) is 28.7 Å². The number of quaternary nitrogens is 1. The topological polar surface area (TPSA) is 131 Å². The molecule has 0 aromatic heterocycles. The highest BCUT2D eigenvalue weighted by Gasteiger charge is 2.55. The number of allylic oxidation sites excluding steroid dienone is 1. The largest absolute Gasteiger partial charge is 0.453 e. The molecule has 1 spiro atoms. The number of nitrogens with one attached hydrogen (secondary N) is 3. The molecule has 4 rings (SSSR count). The summed E-state index contributed by atoms with van der Waals surface area (Å²) in [6.07, 6.45) is 3.87. The van der Waals surface area contributed by atoms with Crippen LogP contribution in [0, 0.1) is 11.8 Å². The number of nitrogens with zero attached hydrogens (tertiary/aromatic N) is 1. The molecule has 0 saturated carbocycles. The van der Waals surface area contributed by atoms with Crippen LogP contribution >= 0.6 is 21.8 Å². The van der Waals surface area contributed by atoms with E-state index < -0.39 is 53.8 Å². The zero-order valence-electron chi connectivity index (χ0n) is 20.5. The number of carbonyl (C=O) groups excluding carboxylic acids is 5. The molecule has 12 heteroatoms. The molecular formula is C23H33N4O6S2+. The number of rotatable bonds is 2. The molecule has 0 aliphatic carbocycles. The van der Waals surface area contributed by atoms with Gasteiger partial charge in [0.25, 0.3) is 0 Å². The van der Waals surface area contributed by atoms with Gasteiger partial charge in [-0.15, -0.1) is 0 Å². The summed E-state index contributed by atoms with van der Waals surface area (Å²) < 4.78 is 5.38. The summed E-state index contributed by atoms with van der Waals surface area (Å²) in [6, 6.07) is -2.73. The number of hydrogen-bond acceptors (Lipinski definition) is 8. The molecule has 0 aromatic rings. The van der Waals surface area contributed by atoms with Crippen molar-refractivity contribution >= 4 is 51.4 Å². The summed E-state index contributed by atoms with van der Waals surface area (Å²) in [4.78, 5) is 66.4. The fraction of sp³-hybridized carbons (Fsp3) is 0.609. The Kier molecular flexibility index (Phi) is 8.71. The normalized spacial score (nSPS) is 34.8. The van der Waals surface area contributed by atoms with E-state index in [0.717, 1.165) is 0 Å². The fourth-order valence-electron chi connectivity index (χ4n) is 4.35. The number of esters is 1. The summed E-state index contributed by atoms with van der Waals surface area (Å²) in [5.41, 5.74) is 0.0500. The minimum atomic E-state index is -0.955. The van der Waals surface area contributed by atoms with Crippen molar-refractivity contribution in [2.24, 2.45) is 11.8 Å². The third-order valence-corrected chi connectivity index (χ3v) is 9.05. The van der Waals surface area contributed by atoms with Gasteiger partial charge in [-0.25, -0.2) is 9.59 Å². The van der Waals surface area contributed by atoms with Crippen molar-refractivity contribution in [3.8, 4) is 0 Å². The van der Waals surface area contributed by atoms with Gasteiger partial charge in [-0.2, -0.15) is 3.89 Å². The predicted molar refractivity (Wildman–Crippen MR) is 133 cm³/mol. The summed E-state index contributed by atoms with van der Waals surface area (Å²) in [7, 11) is 2.42. The van der Waals surface area contributed by atoms with E-state index in [4.69, 9.17) is 4.74 Å². The molecule has 192 valence electrons. The minimum Gasteiger partial charge on any atom is -0.453 e. The molecule has 4 aliphatic rings. The molecule has 3 N–H and O–H groups in total. The van der Waals surface area contributed by atoms with Gasteiger partial charge in [-0.3, -0.25) is 14.4 Å². The van der Waals surface area contributed by atoms with Gasteiger partial charge in [0.2, 0.25) is 23.8 Å². The van der Waals surface area contributed by atoms with Gasteiger partial charge in [0.15, 0.2) is 11.0 Å². The van der Waals surface area contributed by atoms with Crippen LogP contribution in [0.2, 0.25) is 0 Å². The van der Waals surface area contributed by atoms with Crippen molar-refractivity contribution in [3.63, 3.8) is 0 Å². The van der Waals surface area contributed by atoms with Crippen LogP contribution in [0.1, 0.15) is 41.0 Å². The highest BCUT2D eigenvalue weighted by atomic mass is 33.1. The van der Waals surface area contributed by atoms with Gasteiger partial charge in [0, 0.05) is 11.7 Å². The van der Waals surface area contributed by atoms with Gasteiger partial charge in [0.1, 0.15) is 30.4 Å². The average molecular weight is 526 g/mol. The van der Waals surface area contributed by atoms with E-state index in [0.29, 0.717) is 0 Å². The van der Waals surface area contributed by atoms with E-state index in [1.165, 1.54) is 27.8 Å². The molecular weight excluding hydrogens is 492 g/mol. The Hall–Kier alpha value is -2.31. The van der Waals surface area contributed by atoms with E-state index in [1.807, 2.05) is 13.8 Å². The van der Waals surface area contributed by atoms with Gasteiger partial charge >= 0.3 is 11.9 Å². The Morgan fingerprint density at radius 1 is 1.06 bits per heavy atom. The highest BCUT2D eigenvalue weighted by molar-refractivity contribution is 8.74. The number of fused-ring (bicyclic) bond motifs is 8. The second kappa shape index (κ2) is 11.2. The van der Waals surface area contributed by atoms with Crippen LogP contribution in [0.5, 0.6) is 0 Å². The third kappa shape index (κ3) is 5.75. The van der Waals surface area contributed by atoms with Crippen LogP contribution in [0.15, 0.2) is 23.9 Å². The third-order valence-electron chi connectivity index (χ3n) is 6.14. The molecule has 4 heterocycles. The maximum absolute atomic E-state index is 13.9. The minimum absolute atomic E-state index is 0.0500. The van der Waals surface area contributed by atoms with Crippen molar-refractivity contribution in [2.45, 2.75) is 65.3 Å². The van der Waals surface area contributed by atoms with Crippen LogP contribution < -0.4 is 16.0 Å². The van der Waals surface area contributed by atoms with E-state index in [9.17, 15) is 24.0 Å².